The topological polar surface area (TPSA) is 60.5 Å². The minimum absolute atomic E-state index is 0.00182. The molecule has 0 unspecified atom stereocenters. The van der Waals surface area contributed by atoms with Gasteiger partial charge in [-0.1, -0.05) is 44.4 Å². The summed E-state index contributed by atoms with van der Waals surface area (Å²) in [7, 11) is 0. The van der Waals surface area contributed by atoms with Gasteiger partial charge in [0.2, 0.25) is 5.91 Å². The lowest BCUT2D eigenvalue weighted by Gasteiger charge is -2.47. The van der Waals surface area contributed by atoms with Gasteiger partial charge in [-0.2, -0.15) is 0 Å². The standard InChI is InChI=1S/C21H26N2O3/c1-2-21(25-12-13-26-21)20(10-6-3-7-11-20)19(24)23-17-14-16-8-4-5-9-18(16)22-15-17/h4-5,8-9,14-15H,2-3,6-7,10-13H2,1H3,(H,23,24). The summed E-state index contributed by atoms with van der Waals surface area (Å²) in [5, 5.41) is 4.13. The molecule has 2 aliphatic rings. The Kier molecular flexibility index (Phi) is 4.67. The van der Waals surface area contributed by atoms with Gasteiger partial charge in [0.1, 0.15) is 5.41 Å². The van der Waals surface area contributed by atoms with Crippen molar-refractivity contribution in [3.05, 3.63) is 36.5 Å². The Balaban J connectivity index is 1.65. The summed E-state index contributed by atoms with van der Waals surface area (Å²) in [6, 6.07) is 9.89. The summed E-state index contributed by atoms with van der Waals surface area (Å²) in [4.78, 5) is 17.9. The minimum atomic E-state index is -0.804. The van der Waals surface area contributed by atoms with Crippen molar-refractivity contribution in [3.63, 3.8) is 0 Å². The van der Waals surface area contributed by atoms with E-state index in [-0.39, 0.29) is 5.91 Å². The van der Waals surface area contributed by atoms with E-state index in [1.165, 1.54) is 0 Å². The maximum absolute atomic E-state index is 13.5. The van der Waals surface area contributed by atoms with Gasteiger partial charge >= 0.3 is 0 Å². The third-order valence-corrected chi connectivity index (χ3v) is 5.94. The van der Waals surface area contributed by atoms with Gasteiger partial charge < -0.3 is 14.8 Å². The van der Waals surface area contributed by atoms with Crippen molar-refractivity contribution >= 4 is 22.5 Å². The molecule has 2 fully saturated rings. The first kappa shape index (κ1) is 17.4. The molecule has 1 amide bonds. The van der Waals surface area contributed by atoms with E-state index < -0.39 is 11.2 Å². The number of benzene rings is 1. The molecule has 0 atom stereocenters. The molecule has 0 radical (unpaired) electrons. The molecule has 5 nitrogen and oxygen atoms in total. The first-order valence-electron chi connectivity index (χ1n) is 9.63. The van der Waals surface area contributed by atoms with E-state index in [2.05, 4.69) is 10.3 Å². The number of ether oxygens (including phenoxy) is 2. The average molecular weight is 354 g/mol. The van der Waals surface area contributed by atoms with Crippen molar-refractivity contribution < 1.29 is 14.3 Å². The highest BCUT2D eigenvalue weighted by Gasteiger charge is 2.59. The Morgan fingerprint density at radius 1 is 1.15 bits per heavy atom. The molecule has 4 rings (SSSR count). The van der Waals surface area contributed by atoms with Gasteiger partial charge in [0.05, 0.1) is 30.6 Å². The van der Waals surface area contributed by atoms with Gasteiger partial charge in [-0.25, -0.2) is 0 Å². The summed E-state index contributed by atoms with van der Waals surface area (Å²) in [5.74, 6) is -0.806. The highest BCUT2D eigenvalue weighted by molar-refractivity contribution is 5.97. The van der Waals surface area contributed by atoms with Crippen LogP contribution in [0.15, 0.2) is 36.5 Å². The number of pyridine rings is 1. The number of carbonyl (C=O) groups excluding carboxylic acids is 1. The molecular formula is C21H26N2O3. The molecule has 0 bridgehead atoms. The number of hydrogen-bond acceptors (Lipinski definition) is 4. The second-order valence-corrected chi connectivity index (χ2v) is 7.32. The number of nitrogens with one attached hydrogen (secondary N) is 1. The average Bonchev–Trinajstić information content (AvgIpc) is 3.19. The number of anilines is 1. The Hall–Kier alpha value is -1.98. The van der Waals surface area contributed by atoms with Crippen LogP contribution in [-0.2, 0) is 14.3 Å². The van der Waals surface area contributed by atoms with Crippen LogP contribution in [0.3, 0.4) is 0 Å². The third kappa shape index (κ3) is 2.79. The Morgan fingerprint density at radius 3 is 2.62 bits per heavy atom. The number of carbonyl (C=O) groups is 1. The highest BCUT2D eigenvalue weighted by atomic mass is 16.7. The van der Waals surface area contributed by atoms with Crippen molar-refractivity contribution in [2.24, 2.45) is 5.41 Å². The highest BCUT2D eigenvalue weighted by Crippen LogP contribution is 2.51. The molecule has 1 aromatic carbocycles. The summed E-state index contributed by atoms with van der Waals surface area (Å²) in [6.45, 7) is 3.16. The molecule has 5 heteroatoms. The number of fused-ring (bicyclic) bond motifs is 1. The molecule has 138 valence electrons. The number of aromatic nitrogens is 1. The van der Waals surface area contributed by atoms with E-state index in [9.17, 15) is 4.79 Å². The van der Waals surface area contributed by atoms with Crippen molar-refractivity contribution in [2.75, 3.05) is 18.5 Å². The van der Waals surface area contributed by atoms with Crippen LogP contribution in [0.25, 0.3) is 10.9 Å². The molecule has 2 heterocycles. The largest absolute Gasteiger partial charge is 0.346 e. The predicted octanol–water partition coefficient (Wildman–Crippen LogP) is 4.28. The van der Waals surface area contributed by atoms with Crippen molar-refractivity contribution in [1.29, 1.82) is 0 Å². The molecule has 1 saturated heterocycles. The molecule has 1 N–H and O–H groups in total. The van der Waals surface area contributed by atoms with Crippen molar-refractivity contribution in [1.82, 2.24) is 4.98 Å². The van der Waals surface area contributed by atoms with Crippen LogP contribution in [0.2, 0.25) is 0 Å². The number of hydrogen-bond donors (Lipinski definition) is 1. The first-order valence-corrected chi connectivity index (χ1v) is 9.63. The molecule has 26 heavy (non-hydrogen) atoms. The zero-order valence-electron chi connectivity index (χ0n) is 15.3. The molecule has 0 spiro atoms. The fourth-order valence-electron chi connectivity index (χ4n) is 4.60. The van der Waals surface area contributed by atoms with Gasteiger partial charge in [-0.05, 0) is 31.4 Å². The summed E-state index contributed by atoms with van der Waals surface area (Å²) in [6.07, 6.45) is 7.21. The van der Waals surface area contributed by atoms with Crippen LogP contribution in [0, 0.1) is 5.41 Å². The van der Waals surface area contributed by atoms with Crippen LogP contribution in [0.5, 0.6) is 0 Å². The van der Waals surface area contributed by atoms with E-state index in [0.29, 0.717) is 19.6 Å². The third-order valence-electron chi connectivity index (χ3n) is 5.94. The van der Waals surface area contributed by atoms with E-state index >= 15 is 0 Å². The van der Waals surface area contributed by atoms with Gasteiger partial charge in [0.25, 0.3) is 0 Å². The fraction of sp³-hybridized carbons (Fsp3) is 0.524. The monoisotopic (exact) mass is 354 g/mol. The van der Waals surface area contributed by atoms with Crippen LogP contribution in [0.4, 0.5) is 5.69 Å². The SMILES string of the molecule is CCC1(C2(C(=O)Nc3cnc4ccccc4c3)CCCCC2)OCCO1. The molecule has 1 saturated carbocycles. The van der Waals surface area contributed by atoms with Crippen LogP contribution in [-0.4, -0.2) is 29.9 Å². The van der Waals surface area contributed by atoms with Gasteiger partial charge in [-0.15, -0.1) is 0 Å². The molecule has 1 aliphatic carbocycles. The number of para-hydroxylation sites is 1. The molecule has 2 aromatic rings. The maximum Gasteiger partial charge on any atom is 0.236 e. The zero-order valence-corrected chi connectivity index (χ0v) is 15.3. The van der Waals surface area contributed by atoms with Crippen LogP contribution >= 0.6 is 0 Å². The first-order chi connectivity index (χ1) is 12.7. The maximum atomic E-state index is 13.5. The number of rotatable bonds is 4. The minimum Gasteiger partial charge on any atom is -0.346 e. The number of nitrogens with zero attached hydrogens (tertiary/aromatic N) is 1. The normalized spacial score (nSPS) is 21.6. The van der Waals surface area contributed by atoms with Crippen LogP contribution in [0.1, 0.15) is 45.4 Å². The molecular weight excluding hydrogens is 328 g/mol. The number of amides is 1. The lowest BCUT2D eigenvalue weighted by atomic mass is 9.66. The second-order valence-electron chi connectivity index (χ2n) is 7.32. The molecule has 1 aromatic heterocycles. The lowest BCUT2D eigenvalue weighted by Crippen LogP contribution is -2.56. The second kappa shape index (κ2) is 6.97. The summed E-state index contributed by atoms with van der Waals surface area (Å²) in [5.41, 5.74) is 1.01. The van der Waals surface area contributed by atoms with E-state index in [4.69, 9.17) is 9.47 Å². The Bertz CT molecular complexity index is 793. The smallest absolute Gasteiger partial charge is 0.236 e. The zero-order chi connectivity index (χ0) is 18.0. The van der Waals surface area contributed by atoms with Crippen molar-refractivity contribution in [2.45, 2.75) is 51.2 Å². The quantitative estimate of drug-likeness (QED) is 0.890. The van der Waals surface area contributed by atoms with E-state index in [1.807, 2.05) is 37.3 Å². The van der Waals surface area contributed by atoms with Crippen LogP contribution < -0.4 is 5.32 Å². The Labute approximate surface area is 154 Å². The molecule has 1 aliphatic heterocycles. The van der Waals surface area contributed by atoms with Gasteiger partial charge in [0, 0.05) is 5.39 Å². The van der Waals surface area contributed by atoms with Crippen molar-refractivity contribution in [3.8, 4) is 0 Å². The lowest BCUT2D eigenvalue weighted by molar-refractivity contribution is -0.241. The van der Waals surface area contributed by atoms with E-state index in [0.717, 1.165) is 48.7 Å². The van der Waals surface area contributed by atoms with Gasteiger partial charge in [0.15, 0.2) is 5.79 Å². The summed E-state index contributed by atoms with van der Waals surface area (Å²) >= 11 is 0. The fourth-order valence-corrected chi connectivity index (χ4v) is 4.60. The predicted molar refractivity (Wildman–Crippen MR) is 101 cm³/mol. The summed E-state index contributed by atoms with van der Waals surface area (Å²) < 4.78 is 12.1. The van der Waals surface area contributed by atoms with E-state index in [1.54, 1.807) is 6.20 Å². The van der Waals surface area contributed by atoms with Gasteiger partial charge in [-0.3, -0.25) is 9.78 Å². The Morgan fingerprint density at radius 2 is 1.88 bits per heavy atom.